The van der Waals surface area contributed by atoms with Gasteiger partial charge in [-0.25, -0.2) is 0 Å². The van der Waals surface area contributed by atoms with E-state index in [-0.39, 0.29) is 0 Å². The number of Topliss-reactive ketones (excluding diaryl/α,β-unsaturated/α-hetero) is 1. The van der Waals surface area contributed by atoms with Crippen molar-refractivity contribution >= 4 is 5.78 Å². The van der Waals surface area contributed by atoms with Crippen LogP contribution in [0.3, 0.4) is 0 Å². The molecule has 0 saturated heterocycles. The number of fused-ring (bicyclic) bond motifs is 1. The fraction of sp³-hybridized carbons (Fsp3) is 0.472. The first-order valence-corrected chi connectivity index (χ1v) is 15.1. The van der Waals surface area contributed by atoms with E-state index in [1.807, 2.05) is 0 Å². The molecule has 0 radical (unpaired) electrons. The molecule has 2 heteroatoms. The second kappa shape index (κ2) is 17.0. The van der Waals surface area contributed by atoms with Crippen LogP contribution in [0.15, 0.2) is 78.9 Å². The molecule has 0 aliphatic carbocycles. The van der Waals surface area contributed by atoms with E-state index >= 15 is 0 Å². The number of carbonyl (C=O) groups is 1. The second-order valence-corrected chi connectivity index (χ2v) is 10.9. The van der Waals surface area contributed by atoms with E-state index in [1.54, 1.807) is 0 Å². The number of rotatable bonds is 12. The van der Waals surface area contributed by atoms with Crippen molar-refractivity contribution in [2.45, 2.75) is 91.5 Å². The van der Waals surface area contributed by atoms with Crippen LogP contribution in [0.2, 0.25) is 0 Å². The van der Waals surface area contributed by atoms with Gasteiger partial charge in [0.1, 0.15) is 0 Å². The number of hydrogen-bond acceptors (Lipinski definition) is 2. The van der Waals surface area contributed by atoms with E-state index in [4.69, 9.17) is 0 Å². The predicted molar refractivity (Wildman–Crippen MR) is 163 cm³/mol. The first kappa shape index (κ1) is 29.8. The lowest BCUT2D eigenvalue weighted by Crippen LogP contribution is -2.25. The van der Waals surface area contributed by atoms with Gasteiger partial charge in [-0.3, -0.25) is 9.69 Å². The van der Waals surface area contributed by atoms with Crippen LogP contribution < -0.4 is 0 Å². The number of hydrogen-bond donors (Lipinski definition) is 0. The molecule has 0 spiro atoms. The molecule has 1 aliphatic heterocycles. The summed E-state index contributed by atoms with van der Waals surface area (Å²) in [6, 6.07) is 27.8. The Labute approximate surface area is 232 Å². The van der Waals surface area contributed by atoms with Crippen LogP contribution in [0, 0.1) is 5.92 Å². The Kier molecular flexibility index (Phi) is 13.3. The third-order valence-corrected chi connectivity index (χ3v) is 7.73. The predicted octanol–water partition coefficient (Wildman–Crippen LogP) is 9.11. The highest BCUT2D eigenvalue weighted by molar-refractivity contribution is 5.96. The Hall–Kier alpha value is -2.71. The van der Waals surface area contributed by atoms with Crippen molar-refractivity contribution in [2.24, 2.45) is 5.92 Å². The lowest BCUT2D eigenvalue weighted by Gasteiger charge is -2.19. The molecule has 0 unspecified atom stereocenters. The summed E-state index contributed by atoms with van der Waals surface area (Å²) >= 11 is 0. The first-order valence-electron chi connectivity index (χ1n) is 15.1. The lowest BCUT2D eigenvalue weighted by molar-refractivity contribution is 0.0972. The molecule has 204 valence electrons. The molecule has 0 N–H and O–H groups in total. The Morgan fingerprint density at radius 3 is 1.92 bits per heavy atom. The minimum absolute atomic E-state index is 0.329. The highest BCUT2D eigenvalue weighted by Crippen LogP contribution is 2.23. The maximum atomic E-state index is 12.8. The van der Waals surface area contributed by atoms with Gasteiger partial charge in [-0.2, -0.15) is 0 Å². The van der Waals surface area contributed by atoms with E-state index in [1.165, 1.54) is 60.8 Å². The van der Waals surface area contributed by atoms with Crippen LogP contribution in [-0.2, 0) is 25.8 Å². The van der Waals surface area contributed by atoms with Crippen LogP contribution in [0.25, 0.3) is 0 Å². The van der Waals surface area contributed by atoms with Crippen molar-refractivity contribution in [1.82, 2.24) is 4.90 Å². The molecule has 0 saturated carbocycles. The van der Waals surface area contributed by atoms with Crippen LogP contribution in [-0.4, -0.2) is 23.8 Å². The number of aryl methyl sites for hydroxylation is 1. The fourth-order valence-corrected chi connectivity index (χ4v) is 5.61. The van der Waals surface area contributed by atoms with Gasteiger partial charge in [0.25, 0.3) is 0 Å². The molecule has 0 amide bonds. The standard InChI is InChI=1S/C27H37NO.C9H12/c1-3-8-22(9-4-2)12-15-27(29)26-14-13-24-16-18-28(19-17-25(24)20-26)21-23-10-6-5-7-11-23;1-2-6-9-7-4-3-5-8-9/h5-7,10-11,13-14,20,22H,3-4,8-9,12,15-19,21H2,1-2H3;3-5,7-8H,2,6H2,1H3. The van der Waals surface area contributed by atoms with Crippen molar-refractivity contribution in [1.29, 1.82) is 0 Å². The topological polar surface area (TPSA) is 20.3 Å². The van der Waals surface area contributed by atoms with Crippen molar-refractivity contribution in [3.8, 4) is 0 Å². The zero-order valence-electron chi connectivity index (χ0n) is 24.1. The molecule has 2 nitrogen and oxygen atoms in total. The number of ketones is 1. The lowest BCUT2D eigenvalue weighted by atomic mass is 9.90. The SMILES string of the molecule is CCCC(CCC)CCC(=O)c1ccc2c(c1)CCN(Cc1ccccc1)CC2.CCCc1ccccc1. The highest BCUT2D eigenvalue weighted by atomic mass is 16.1. The third-order valence-electron chi connectivity index (χ3n) is 7.73. The second-order valence-electron chi connectivity index (χ2n) is 10.9. The Bertz CT molecular complexity index is 1050. The van der Waals surface area contributed by atoms with Gasteiger partial charge in [-0.1, -0.05) is 126 Å². The van der Waals surface area contributed by atoms with Crippen molar-refractivity contribution in [3.63, 3.8) is 0 Å². The monoisotopic (exact) mass is 511 g/mol. The largest absolute Gasteiger partial charge is 0.298 e. The van der Waals surface area contributed by atoms with E-state index in [0.717, 1.165) is 44.5 Å². The van der Waals surface area contributed by atoms with Gasteiger partial charge in [0.15, 0.2) is 5.78 Å². The maximum Gasteiger partial charge on any atom is 0.162 e. The molecule has 1 heterocycles. The number of benzene rings is 3. The Morgan fingerprint density at radius 1 is 0.711 bits per heavy atom. The van der Waals surface area contributed by atoms with Gasteiger partial charge >= 0.3 is 0 Å². The van der Waals surface area contributed by atoms with Gasteiger partial charge in [-0.15, -0.1) is 0 Å². The Balaban J connectivity index is 0.000000375. The summed E-state index contributed by atoms with van der Waals surface area (Å²) in [5.74, 6) is 1.04. The number of nitrogens with zero attached hydrogens (tertiary/aromatic N) is 1. The zero-order chi connectivity index (χ0) is 27.0. The molecule has 38 heavy (non-hydrogen) atoms. The normalized spacial score (nSPS) is 13.4. The average Bonchev–Trinajstić information content (AvgIpc) is 3.15. The summed E-state index contributed by atoms with van der Waals surface area (Å²) in [6.07, 6.45) is 11.2. The van der Waals surface area contributed by atoms with E-state index in [9.17, 15) is 4.79 Å². The van der Waals surface area contributed by atoms with E-state index in [2.05, 4.69) is 105 Å². The first-order chi connectivity index (χ1) is 18.6. The quantitative estimate of drug-likeness (QED) is 0.226. The van der Waals surface area contributed by atoms with Crippen LogP contribution >= 0.6 is 0 Å². The highest BCUT2D eigenvalue weighted by Gasteiger charge is 2.17. The van der Waals surface area contributed by atoms with Gasteiger partial charge in [0.2, 0.25) is 0 Å². The summed E-state index contributed by atoms with van der Waals surface area (Å²) in [6.45, 7) is 9.86. The minimum Gasteiger partial charge on any atom is -0.298 e. The van der Waals surface area contributed by atoms with E-state index < -0.39 is 0 Å². The molecular formula is C36H49NO. The Morgan fingerprint density at radius 2 is 1.32 bits per heavy atom. The average molecular weight is 512 g/mol. The molecule has 0 fully saturated rings. The molecule has 4 rings (SSSR count). The molecule has 3 aromatic rings. The van der Waals surface area contributed by atoms with Gasteiger partial charge in [0, 0.05) is 31.6 Å². The minimum atomic E-state index is 0.329. The van der Waals surface area contributed by atoms with Crippen LogP contribution in [0.4, 0.5) is 0 Å². The summed E-state index contributed by atoms with van der Waals surface area (Å²) < 4.78 is 0. The van der Waals surface area contributed by atoms with Crippen molar-refractivity contribution in [2.75, 3.05) is 13.1 Å². The van der Waals surface area contributed by atoms with Crippen LogP contribution in [0.5, 0.6) is 0 Å². The molecule has 1 aliphatic rings. The molecule has 0 aromatic heterocycles. The summed E-state index contributed by atoms with van der Waals surface area (Å²) in [4.78, 5) is 15.4. The third kappa shape index (κ3) is 10.2. The smallest absolute Gasteiger partial charge is 0.162 e. The molecular weight excluding hydrogens is 462 g/mol. The number of carbonyl (C=O) groups excluding carboxylic acids is 1. The zero-order valence-corrected chi connectivity index (χ0v) is 24.1. The summed E-state index contributed by atoms with van der Waals surface area (Å²) in [5.41, 5.74) is 6.55. The molecule has 0 bridgehead atoms. The van der Waals surface area contributed by atoms with Crippen molar-refractivity contribution in [3.05, 3.63) is 107 Å². The van der Waals surface area contributed by atoms with Crippen LogP contribution in [0.1, 0.15) is 98.3 Å². The van der Waals surface area contributed by atoms with Gasteiger partial charge in [0.05, 0.1) is 0 Å². The molecule has 3 aromatic carbocycles. The maximum absolute atomic E-state index is 12.8. The summed E-state index contributed by atoms with van der Waals surface area (Å²) in [7, 11) is 0. The van der Waals surface area contributed by atoms with Gasteiger partial charge in [-0.05, 0) is 59.9 Å². The van der Waals surface area contributed by atoms with Crippen molar-refractivity contribution < 1.29 is 4.79 Å². The fourth-order valence-electron chi connectivity index (χ4n) is 5.61. The molecule has 0 atom stereocenters. The van der Waals surface area contributed by atoms with E-state index in [0.29, 0.717) is 18.1 Å². The van der Waals surface area contributed by atoms with Gasteiger partial charge < -0.3 is 0 Å². The summed E-state index contributed by atoms with van der Waals surface area (Å²) in [5, 5.41) is 0.